The molecule has 0 bridgehead atoms. The molecule has 0 unspecified atom stereocenters. The van der Waals surface area contributed by atoms with Crippen molar-refractivity contribution >= 4 is 29.0 Å². The minimum atomic E-state index is -0.375. The van der Waals surface area contributed by atoms with E-state index in [1.807, 2.05) is 6.92 Å². The van der Waals surface area contributed by atoms with Gasteiger partial charge in [0.15, 0.2) is 0 Å². The first-order valence-corrected chi connectivity index (χ1v) is 6.58. The van der Waals surface area contributed by atoms with Crippen LogP contribution in [0.2, 0.25) is 5.02 Å². The molecule has 1 aromatic heterocycles. The second kappa shape index (κ2) is 6.41. The average molecular weight is 307 g/mol. The summed E-state index contributed by atoms with van der Waals surface area (Å²) in [6, 6.07) is 3.40. The fraction of sp³-hybridized carbons (Fsp3) is 0.214. The summed E-state index contributed by atoms with van der Waals surface area (Å²) in [4.78, 5) is 20.3. The largest absolute Gasteiger partial charge is 0.495 e. The van der Waals surface area contributed by atoms with Crippen molar-refractivity contribution in [2.75, 3.05) is 24.8 Å². The summed E-state index contributed by atoms with van der Waals surface area (Å²) >= 11 is 6.03. The number of aromatic nitrogens is 2. The number of hydrogen-bond donors (Lipinski definition) is 2. The average Bonchev–Trinajstić information content (AvgIpc) is 2.50. The molecule has 0 atom stereocenters. The number of hydrogen-bond acceptors (Lipinski definition) is 5. The van der Waals surface area contributed by atoms with Crippen molar-refractivity contribution < 1.29 is 9.53 Å². The molecule has 110 valence electrons. The number of nitrogens with zero attached hydrogens (tertiary/aromatic N) is 2. The van der Waals surface area contributed by atoms with Gasteiger partial charge >= 0.3 is 0 Å². The van der Waals surface area contributed by atoms with Crippen molar-refractivity contribution in [3.05, 3.63) is 40.8 Å². The number of rotatable bonds is 4. The topological polar surface area (TPSA) is 76.1 Å². The molecule has 0 radical (unpaired) electrons. The lowest BCUT2D eigenvalue weighted by Gasteiger charge is -2.12. The van der Waals surface area contributed by atoms with Gasteiger partial charge in [-0.3, -0.25) is 9.78 Å². The van der Waals surface area contributed by atoms with Crippen LogP contribution in [0.1, 0.15) is 16.1 Å². The molecular formula is C14H15ClN4O2. The highest BCUT2D eigenvalue weighted by Gasteiger charge is 2.13. The third kappa shape index (κ3) is 3.41. The van der Waals surface area contributed by atoms with Gasteiger partial charge in [0.25, 0.3) is 5.91 Å². The number of anilines is 2. The van der Waals surface area contributed by atoms with Gasteiger partial charge in [-0.25, -0.2) is 4.98 Å². The van der Waals surface area contributed by atoms with Crippen LogP contribution in [0, 0.1) is 6.92 Å². The van der Waals surface area contributed by atoms with Gasteiger partial charge in [0.2, 0.25) is 0 Å². The van der Waals surface area contributed by atoms with E-state index in [2.05, 4.69) is 20.6 Å². The zero-order valence-corrected chi connectivity index (χ0v) is 12.7. The predicted octanol–water partition coefficient (Wildman–Crippen LogP) is 2.74. The molecule has 2 aromatic rings. The maximum Gasteiger partial charge on any atom is 0.276 e. The Morgan fingerprint density at radius 3 is 2.76 bits per heavy atom. The van der Waals surface area contributed by atoms with Crippen LogP contribution in [0.5, 0.6) is 5.75 Å². The van der Waals surface area contributed by atoms with Crippen LogP contribution in [-0.2, 0) is 0 Å². The van der Waals surface area contributed by atoms with E-state index in [1.165, 1.54) is 19.5 Å². The standard InChI is InChI=1S/C14H15ClN4O2/c1-8-4-10(12(21-3)5-9(8)15)19-14(20)11-6-17-7-13(16-2)18-11/h4-7H,1-3H3,(H,16,18)(H,19,20). The quantitative estimate of drug-likeness (QED) is 0.908. The molecule has 0 saturated carbocycles. The van der Waals surface area contributed by atoms with E-state index in [9.17, 15) is 4.79 Å². The molecule has 7 heteroatoms. The lowest BCUT2D eigenvalue weighted by Crippen LogP contribution is -2.15. The van der Waals surface area contributed by atoms with Gasteiger partial charge in [-0.1, -0.05) is 11.6 Å². The second-order valence-corrected chi connectivity index (χ2v) is 4.70. The number of amides is 1. The molecule has 0 spiro atoms. The SMILES string of the molecule is CNc1cncc(C(=O)Nc2cc(C)c(Cl)cc2OC)n1. The van der Waals surface area contributed by atoms with Crippen LogP contribution < -0.4 is 15.4 Å². The first kappa shape index (κ1) is 15.1. The van der Waals surface area contributed by atoms with Crippen molar-refractivity contribution in [1.29, 1.82) is 0 Å². The molecule has 6 nitrogen and oxygen atoms in total. The molecule has 1 heterocycles. The number of benzene rings is 1. The van der Waals surface area contributed by atoms with Gasteiger partial charge in [0, 0.05) is 18.1 Å². The van der Waals surface area contributed by atoms with Gasteiger partial charge in [-0.15, -0.1) is 0 Å². The number of carbonyl (C=O) groups is 1. The Morgan fingerprint density at radius 1 is 1.33 bits per heavy atom. The molecule has 0 aliphatic rings. The molecule has 0 aliphatic carbocycles. The Hall–Kier alpha value is -2.34. The Bertz CT molecular complexity index is 676. The van der Waals surface area contributed by atoms with Crippen molar-refractivity contribution in [2.24, 2.45) is 0 Å². The minimum Gasteiger partial charge on any atom is -0.495 e. The summed E-state index contributed by atoms with van der Waals surface area (Å²) in [5.74, 6) is 0.623. The lowest BCUT2D eigenvalue weighted by molar-refractivity contribution is 0.102. The summed E-state index contributed by atoms with van der Waals surface area (Å²) < 4.78 is 5.22. The maximum absolute atomic E-state index is 12.2. The van der Waals surface area contributed by atoms with Gasteiger partial charge < -0.3 is 15.4 Å². The van der Waals surface area contributed by atoms with E-state index in [4.69, 9.17) is 16.3 Å². The van der Waals surface area contributed by atoms with Crippen LogP contribution in [0.3, 0.4) is 0 Å². The zero-order chi connectivity index (χ0) is 15.4. The van der Waals surface area contributed by atoms with Crippen LogP contribution in [0.25, 0.3) is 0 Å². The number of ether oxygens (including phenoxy) is 1. The zero-order valence-electron chi connectivity index (χ0n) is 11.9. The summed E-state index contributed by atoms with van der Waals surface area (Å²) in [6.07, 6.45) is 2.93. The van der Waals surface area contributed by atoms with Crippen molar-refractivity contribution in [3.8, 4) is 5.75 Å². The molecule has 21 heavy (non-hydrogen) atoms. The number of carbonyl (C=O) groups excluding carboxylic acids is 1. The van der Waals surface area contributed by atoms with Gasteiger partial charge in [-0.05, 0) is 18.6 Å². The molecule has 0 fully saturated rings. The lowest BCUT2D eigenvalue weighted by atomic mass is 10.2. The molecule has 2 rings (SSSR count). The van der Waals surface area contributed by atoms with E-state index >= 15 is 0 Å². The summed E-state index contributed by atoms with van der Waals surface area (Å²) in [5.41, 5.74) is 1.57. The summed E-state index contributed by atoms with van der Waals surface area (Å²) in [5, 5.41) is 6.14. The highest BCUT2D eigenvalue weighted by Crippen LogP contribution is 2.31. The fourth-order valence-electron chi connectivity index (χ4n) is 1.71. The Kier molecular flexibility index (Phi) is 4.59. The summed E-state index contributed by atoms with van der Waals surface area (Å²) in [6.45, 7) is 1.85. The van der Waals surface area contributed by atoms with Gasteiger partial charge in [-0.2, -0.15) is 0 Å². The molecule has 1 amide bonds. The van der Waals surface area contributed by atoms with E-state index in [-0.39, 0.29) is 11.6 Å². The smallest absolute Gasteiger partial charge is 0.276 e. The predicted molar refractivity (Wildman–Crippen MR) is 82.3 cm³/mol. The Balaban J connectivity index is 2.28. The monoisotopic (exact) mass is 306 g/mol. The maximum atomic E-state index is 12.2. The second-order valence-electron chi connectivity index (χ2n) is 4.30. The van der Waals surface area contributed by atoms with Crippen LogP contribution in [0.4, 0.5) is 11.5 Å². The fourth-order valence-corrected chi connectivity index (χ4v) is 1.87. The number of aryl methyl sites for hydroxylation is 1. The first-order chi connectivity index (χ1) is 10.0. The van der Waals surface area contributed by atoms with Crippen LogP contribution in [0.15, 0.2) is 24.5 Å². The van der Waals surface area contributed by atoms with Gasteiger partial charge in [0.1, 0.15) is 17.3 Å². The van der Waals surface area contributed by atoms with E-state index < -0.39 is 0 Å². The molecule has 2 N–H and O–H groups in total. The first-order valence-electron chi connectivity index (χ1n) is 6.20. The minimum absolute atomic E-state index is 0.205. The third-order valence-electron chi connectivity index (χ3n) is 2.85. The molecule has 0 aliphatic heterocycles. The highest BCUT2D eigenvalue weighted by atomic mass is 35.5. The number of nitrogens with one attached hydrogen (secondary N) is 2. The van der Waals surface area contributed by atoms with Crippen molar-refractivity contribution in [2.45, 2.75) is 6.92 Å². The Morgan fingerprint density at radius 2 is 2.10 bits per heavy atom. The third-order valence-corrected chi connectivity index (χ3v) is 3.26. The number of halogens is 1. The van der Waals surface area contributed by atoms with Crippen LogP contribution in [-0.4, -0.2) is 30.0 Å². The molecule has 1 aromatic carbocycles. The van der Waals surface area contributed by atoms with E-state index in [0.717, 1.165) is 5.56 Å². The summed E-state index contributed by atoms with van der Waals surface area (Å²) in [7, 11) is 3.22. The van der Waals surface area contributed by atoms with Crippen molar-refractivity contribution in [3.63, 3.8) is 0 Å². The van der Waals surface area contributed by atoms with Gasteiger partial charge in [0.05, 0.1) is 25.2 Å². The molecular weight excluding hydrogens is 292 g/mol. The van der Waals surface area contributed by atoms with Crippen molar-refractivity contribution in [1.82, 2.24) is 9.97 Å². The van der Waals surface area contributed by atoms with E-state index in [1.54, 1.807) is 19.2 Å². The number of methoxy groups -OCH3 is 1. The van der Waals surface area contributed by atoms with Crippen LogP contribution >= 0.6 is 11.6 Å². The molecule has 0 saturated heterocycles. The highest BCUT2D eigenvalue weighted by molar-refractivity contribution is 6.31. The van der Waals surface area contributed by atoms with E-state index in [0.29, 0.717) is 22.3 Å². The normalized spacial score (nSPS) is 10.1. The Labute approximate surface area is 127 Å².